The number of hydrogen-bond donors (Lipinski definition) is 1. The minimum absolute atomic E-state index is 0.489. The highest BCUT2D eigenvalue weighted by atomic mass is 32.2. The van der Waals surface area contributed by atoms with Crippen molar-refractivity contribution in [1.29, 1.82) is 5.26 Å². The van der Waals surface area contributed by atoms with Gasteiger partial charge in [0.15, 0.2) is 0 Å². The Hall–Kier alpha value is -1.34. The maximum Gasteiger partial charge on any atom is 0.123 e. The first-order chi connectivity index (χ1) is 6.56. The lowest BCUT2D eigenvalue weighted by Crippen LogP contribution is -2.09. The van der Waals surface area contributed by atoms with Crippen LogP contribution < -0.4 is 5.73 Å². The van der Waals surface area contributed by atoms with Crippen LogP contribution >= 0.6 is 0 Å². The molecule has 1 aromatic rings. The monoisotopic (exact) mass is 208 g/mol. The Morgan fingerprint density at radius 2 is 2.21 bits per heavy atom. The van der Waals surface area contributed by atoms with Crippen molar-refractivity contribution in [3.8, 4) is 6.07 Å². The number of benzene rings is 1. The molecule has 2 N–H and O–H groups in total. The number of hydrogen-bond acceptors (Lipinski definition) is 3. The zero-order valence-corrected chi connectivity index (χ0v) is 8.97. The van der Waals surface area contributed by atoms with Crippen molar-refractivity contribution in [1.82, 2.24) is 0 Å². The van der Waals surface area contributed by atoms with Crippen molar-refractivity contribution >= 4 is 16.5 Å². The first-order valence-corrected chi connectivity index (χ1v) is 5.44. The van der Waals surface area contributed by atoms with E-state index in [4.69, 9.17) is 11.0 Å². The van der Waals surface area contributed by atoms with Crippen molar-refractivity contribution in [2.75, 3.05) is 5.73 Å². The number of nitrogens with two attached hydrogens (primary N) is 1. The number of rotatable bonds is 2. The molecule has 0 aliphatic carbocycles. The second kappa shape index (κ2) is 4.25. The summed E-state index contributed by atoms with van der Waals surface area (Å²) in [5, 5.41) is 8.16. The minimum atomic E-state index is -1.26. The number of aryl methyl sites for hydroxylation is 1. The summed E-state index contributed by atoms with van der Waals surface area (Å²) >= 11 is 0. The fourth-order valence-corrected chi connectivity index (χ4v) is 2.19. The summed E-state index contributed by atoms with van der Waals surface area (Å²) in [5.74, 6) is 0. The molecule has 0 saturated carbocycles. The topological polar surface area (TPSA) is 66.9 Å². The molecule has 0 amide bonds. The van der Waals surface area contributed by atoms with E-state index in [2.05, 4.69) is 0 Å². The summed E-state index contributed by atoms with van der Waals surface area (Å²) < 4.78 is 11.8. The Balaban J connectivity index is 3.09. The van der Waals surface area contributed by atoms with Crippen molar-refractivity contribution in [2.24, 2.45) is 0 Å². The Labute approximate surface area is 86.0 Å². The predicted molar refractivity (Wildman–Crippen MR) is 57.1 cm³/mol. The van der Waals surface area contributed by atoms with Gasteiger partial charge < -0.3 is 5.73 Å². The minimum Gasteiger partial charge on any atom is -0.399 e. The normalized spacial score (nSPS) is 14.4. The van der Waals surface area contributed by atoms with Crippen LogP contribution in [0.5, 0.6) is 0 Å². The van der Waals surface area contributed by atoms with E-state index in [1.165, 1.54) is 0 Å². The molecular weight excluding hydrogens is 196 g/mol. The SMILES string of the molecule is Cc1cc(N)ccc1S(=O)C(C)C#N. The molecule has 14 heavy (non-hydrogen) atoms. The molecule has 1 rings (SSSR count). The van der Waals surface area contributed by atoms with E-state index < -0.39 is 16.0 Å². The predicted octanol–water partition coefficient (Wildman–Crippen LogP) is 1.60. The smallest absolute Gasteiger partial charge is 0.123 e. The molecule has 0 fully saturated rings. The summed E-state index contributed by atoms with van der Waals surface area (Å²) in [6, 6.07) is 7.15. The average Bonchev–Trinajstić information content (AvgIpc) is 2.15. The van der Waals surface area contributed by atoms with Gasteiger partial charge in [0.2, 0.25) is 0 Å². The Kier molecular flexibility index (Phi) is 3.26. The van der Waals surface area contributed by atoms with Gasteiger partial charge in [0, 0.05) is 10.6 Å². The molecule has 0 bridgehead atoms. The highest BCUT2D eigenvalue weighted by Gasteiger charge is 2.14. The molecule has 74 valence electrons. The molecule has 0 spiro atoms. The fourth-order valence-electron chi connectivity index (χ4n) is 1.14. The van der Waals surface area contributed by atoms with Gasteiger partial charge in [-0.15, -0.1) is 0 Å². The number of nitriles is 1. The molecule has 3 nitrogen and oxygen atoms in total. The molecule has 0 saturated heterocycles. The van der Waals surface area contributed by atoms with E-state index in [0.717, 1.165) is 5.56 Å². The van der Waals surface area contributed by atoms with Gasteiger partial charge in [0.25, 0.3) is 0 Å². The lowest BCUT2D eigenvalue weighted by Gasteiger charge is -2.07. The zero-order chi connectivity index (χ0) is 10.7. The van der Waals surface area contributed by atoms with Gasteiger partial charge in [-0.25, -0.2) is 0 Å². The van der Waals surface area contributed by atoms with Gasteiger partial charge >= 0.3 is 0 Å². The van der Waals surface area contributed by atoms with Crippen LogP contribution in [0.15, 0.2) is 23.1 Å². The molecular formula is C10H12N2OS. The van der Waals surface area contributed by atoms with Crippen LogP contribution in [0, 0.1) is 18.3 Å². The molecule has 0 aliphatic heterocycles. The summed E-state index contributed by atoms with van der Waals surface area (Å²) in [5.41, 5.74) is 7.08. The van der Waals surface area contributed by atoms with Gasteiger partial charge in [0.05, 0.1) is 16.9 Å². The maximum absolute atomic E-state index is 11.8. The first-order valence-electron chi connectivity index (χ1n) is 4.22. The Bertz CT molecular complexity index is 409. The van der Waals surface area contributed by atoms with E-state index in [0.29, 0.717) is 10.6 Å². The van der Waals surface area contributed by atoms with E-state index in [1.807, 2.05) is 13.0 Å². The molecule has 2 atom stereocenters. The second-order valence-electron chi connectivity index (χ2n) is 3.09. The number of nitrogens with zero attached hydrogens (tertiary/aromatic N) is 1. The quantitative estimate of drug-likeness (QED) is 0.750. The van der Waals surface area contributed by atoms with Gasteiger partial charge in [-0.05, 0) is 37.6 Å². The second-order valence-corrected chi connectivity index (χ2v) is 4.84. The molecule has 4 heteroatoms. The van der Waals surface area contributed by atoms with Crippen LogP contribution in [0.1, 0.15) is 12.5 Å². The van der Waals surface area contributed by atoms with Crippen LogP contribution in [0.25, 0.3) is 0 Å². The standard InChI is InChI=1S/C10H12N2OS/c1-7-5-9(12)3-4-10(7)14(13)8(2)6-11/h3-5,8H,12H2,1-2H3. The van der Waals surface area contributed by atoms with Crippen molar-refractivity contribution in [3.63, 3.8) is 0 Å². The average molecular weight is 208 g/mol. The molecule has 0 radical (unpaired) electrons. The van der Waals surface area contributed by atoms with Crippen LogP contribution in [-0.4, -0.2) is 9.46 Å². The molecule has 0 aliphatic rings. The molecule has 1 aromatic carbocycles. The Morgan fingerprint density at radius 1 is 1.57 bits per heavy atom. The first kappa shape index (κ1) is 10.7. The van der Waals surface area contributed by atoms with Crippen LogP contribution in [0.4, 0.5) is 5.69 Å². The van der Waals surface area contributed by atoms with Crippen molar-refractivity contribution < 1.29 is 4.21 Å². The van der Waals surface area contributed by atoms with Gasteiger partial charge in [-0.2, -0.15) is 5.26 Å². The molecule has 2 unspecified atom stereocenters. The van der Waals surface area contributed by atoms with E-state index >= 15 is 0 Å². The summed E-state index contributed by atoms with van der Waals surface area (Å²) in [6.45, 7) is 3.49. The van der Waals surface area contributed by atoms with Crippen LogP contribution in [-0.2, 0) is 10.8 Å². The summed E-state index contributed by atoms with van der Waals surface area (Å²) in [6.07, 6.45) is 0. The summed E-state index contributed by atoms with van der Waals surface area (Å²) in [7, 11) is -1.26. The van der Waals surface area contributed by atoms with Crippen LogP contribution in [0.3, 0.4) is 0 Å². The maximum atomic E-state index is 11.8. The summed E-state index contributed by atoms with van der Waals surface area (Å²) in [4.78, 5) is 0.688. The lowest BCUT2D eigenvalue weighted by atomic mass is 10.2. The third-order valence-corrected chi connectivity index (χ3v) is 3.56. The Morgan fingerprint density at radius 3 is 2.71 bits per heavy atom. The van der Waals surface area contributed by atoms with Crippen molar-refractivity contribution in [3.05, 3.63) is 23.8 Å². The van der Waals surface area contributed by atoms with E-state index in [-0.39, 0.29) is 0 Å². The molecule has 0 aromatic heterocycles. The van der Waals surface area contributed by atoms with Gasteiger partial charge in [0.1, 0.15) is 5.25 Å². The van der Waals surface area contributed by atoms with Crippen molar-refractivity contribution in [2.45, 2.75) is 24.0 Å². The lowest BCUT2D eigenvalue weighted by molar-refractivity contribution is 0.679. The zero-order valence-electron chi connectivity index (χ0n) is 8.15. The van der Waals surface area contributed by atoms with E-state index in [9.17, 15) is 4.21 Å². The number of anilines is 1. The van der Waals surface area contributed by atoms with Crippen LogP contribution in [0.2, 0.25) is 0 Å². The highest BCUT2D eigenvalue weighted by Crippen LogP contribution is 2.18. The third kappa shape index (κ3) is 2.12. The third-order valence-electron chi connectivity index (χ3n) is 1.92. The van der Waals surface area contributed by atoms with Gasteiger partial charge in [-0.1, -0.05) is 0 Å². The number of nitrogen functional groups attached to an aromatic ring is 1. The molecule has 0 heterocycles. The van der Waals surface area contributed by atoms with Gasteiger partial charge in [-0.3, -0.25) is 4.21 Å². The van der Waals surface area contributed by atoms with E-state index in [1.54, 1.807) is 25.1 Å². The fraction of sp³-hybridized carbons (Fsp3) is 0.300. The highest BCUT2D eigenvalue weighted by molar-refractivity contribution is 7.86. The largest absolute Gasteiger partial charge is 0.399 e.